The van der Waals surface area contributed by atoms with E-state index in [9.17, 15) is 9.90 Å². The second-order valence-electron chi connectivity index (χ2n) is 5.70. The smallest absolute Gasteiger partial charge is 0.230 e. The SMILES string of the molecule is O=C(CSCCc1ccccc1)NCC1CCCCC1O. The molecule has 116 valence electrons. The normalized spacial score (nSPS) is 22.0. The van der Waals surface area contributed by atoms with Gasteiger partial charge < -0.3 is 10.4 Å². The molecule has 4 heteroatoms. The van der Waals surface area contributed by atoms with Gasteiger partial charge in [-0.15, -0.1) is 0 Å². The molecule has 1 fully saturated rings. The molecule has 1 saturated carbocycles. The van der Waals surface area contributed by atoms with Crippen molar-refractivity contribution in [2.45, 2.75) is 38.2 Å². The number of rotatable bonds is 7. The summed E-state index contributed by atoms with van der Waals surface area (Å²) in [5.74, 6) is 1.81. The molecule has 2 rings (SSSR count). The van der Waals surface area contributed by atoms with Gasteiger partial charge in [-0.1, -0.05) is 43.2 Å². The van der Waals surface area contributed by atoms with E-state index in [1.807, 2.05) is 18.2 Å². The lowest BCUT2D eigenvalue weighted by Gasteiger charge is -2.27. The molecule has 2 atom stereocenters. The van der Waals surface area contributed by atoms with Crippen molar-refractivity contribution in [2.24, 2.45) is 5.92 Å². The molecule has 0 heterocycles. The maximum Gasteiger partial charge on any atom is 0.230 e. The average molecular weight is 307 g/mol. The lowest BCUT2D eigenvalue weighted by Crippen LogP contribution is -2.37. The minimum Gasteiger partial charge on any atom is -0.393 e. The Balaban J connectivity index is 1.55. The van der Waals surface area contributed by atoms with Crippen LogP contribution in [0, 0.1) is 5.92 Å². The van der Waals surface area contributed by atoms with Crippen molar-refractivity contribution >= 4 is 17.7 Å². The second kappa shape index (κ2) is 9.11. The first kappa shape index (κ1) is 16.4. The highest BCUT2D eigenvalue weighted by atomic mass is 32.2. The number of carbonyl (C=O) groups is 1. The molecule has 0 spiro atoms. The number of nitrogens with one attached hydrogen (secondary N) is 1. The van der Waals surface area contributed by atoms with Crippen LogP contribution >= 0.6 is 11.8 Å². The van der Waals surface area contributed by atoms with Crippen LogP contribution in [0.4, 0.5) is 0 Å². The zero-order valence-electron chi connectivity index (χ0n) is 12.5. The minimum absolute atomic E-state index is 0.0887. The third kappa shape index (κ3) is 6.10. The van der Waals surface area contributed by atoms with Gasteiger partial charge in [0.2, 0.25) is 5.91 Å². The molecule has 1 aromatic carbocycles. The van der Waals surface area contributed by atoms with E-state index in [4.69, 9.17) is 0 Å². The van der Waals surface area contributed by atoms with Gasteiger partial charge in [0, 0.05) is 12.5 Å². The van der Waals surface area contributed by atoms with E-state index in [0.29, 0.717) is 12.3 Å². The molecule has 0 aromatic heterocycles. The van der Waals surface area contributed by atoms with E-state index in [1.54, 1.807) is 11.8 Å². The number of amides is 1. The van der Waals surface area contributed by atoms with Crippen LogP contribution in [-0.4, -0.2) is 35.2 Å². The maximum atomic E-state index is 11.8. The first-order chi connectivity index (χ1) is 10.3. The molecule has 1 amide bonds. The average Bonchev–Trinajstić information content (AvgIpc) is 2.52. The topological polar surface area (TPSA) is 49.3 Å². The van der Waals surface area contributed by atoms with Crippen molar-refractivity contribution in [1.82, 2.24) is 5.32 Å². The van der Waals surface area contributed by atoms with Gasteiger partial charge in [-0.05, 0) is 30.6 Å². The zero-order valence-corrected chi connectivity index (χ0v) is 13.3. The van der Waals surface area contributed by atoms with Crippen molar-refractivity contribution < 1.29 is 9.90 Å². The van der Waals surface area contributed by atoms with Crippen molar-refractivity contribution in [2.75, 3.05) is 18.1 Å². The van der Waals surface area contributed by atoms with E-state index in [-0.39, 0.29) is 17.9 Å². The van der Waals surface area contributed by atoms with Crippen molar-refractivity contribution in [1.29, 1.82) is 0 Å². The van der Waals surface area contributed by atoms with Gasteiger partial charge in [-0.3, -0.25) is 4.79 Å². The molecule has 1 aliphatic rings. The van der Waals surface area contributed by atoms with Crippen LogP contribution in [0.15, 0.2) is 30.3 Å². The van der Waals surface area contributed by atoms with E-state index < -0.39 is 0 Å². The van der Waals surface area contributed by atoms with Crippen molar-refractivity contribution in [3.05, 3.63) is 35.9 Å². The molecule has 0 bridgehead atoms. The quantitative estimate of drug-likeness (QED) is 0.761. The Kier molecular flexibility index (Phi) is 7.10. The van der Waals surface area contributed by atoms with E-state index in [0.717, 1.165) is 31.4 Å². The van der Waals surface area contributed by atoms with Crippen LogP contribution in [0.5, 0.6) is 0 Å². The number of carbonyl (C=O) groups excluding carboxylic acids is 1. The van der Waals surface area contributed by atoms with Gasteiger partial charge in [0.25, 0.3) is 0 Å². The molecule has 0 aliphatic heterocycles. The lowest BCUT2D eigenvalue weighted by molar-refractivity contribution is -0.119. The van der Waals surface area contributed by atoms with Crippen LogP contribution in [0.3, 0.4) is 0 Å². The molecule has 2 unspecified atom stereocenters. The summed E-state index contributed by atoms with van der Waals surface area (Å²) in [6.07, 6.45) is 4.96. The Morgan fingerprint density at radius 3 is 2.76 bits per heavy atom. The van der Waals surface area contributed by atoms with Crippen LogP contribution in [0.1, 0.15) is 31.2 Å². The fourth-order valence-corrected chi connectivity index (χ4v) is 3.53. The number of aliphatic hydroxyl groups is 1. The van der Waals surface area contributed by atoms with Crippen molar-refractivity contribution in [3.63, 3.8) is 0 Å². The summed E-state index contributed by atoms with van der Waals surface area (Å²) in [5, 5.41) is 12.8. The Morgan fingerprint density at radius 2 is 2.00 bits per heavy atom. The highest BCUT2D eigenvalue weighted by Gasteiger charge is 2.23. The fourth-order valence-electron chi connectivity index (χ4n) is 2.72. The number of thioether (sulfide) groups is 1. The Morgan fingerprint density at radius 1 is 1.24 bits per heavy atom. The zero-order chi connectivity index (χ0) is 14.9. The number of aliphatic hydroxyl groups excluding tert-OH is 1. The molecule has 3 nitrogen and oxygen atoms in total. The molecule has 1 aliphatic carbocycles. The third-order valence-electron chi connectivity index (χ3n) is 4.04. The summed E-state index contributed by atoms with van der Waals surface area (Å²) in [5.41, 5.74) is 1.32. The molecule has 0 radical (unpaired) electrons. The highest BCUT2D eigenvalue weighted by Crippen LogP contribution is 2.23. The Bertz CT molecular complexity index is 424. The van der Waals surface area contributed by atoms with Crippen molar-refractivity contribution in [3.8, 4) is 0 Å². The van der Waals surface area contributed by atoms with E-state index >= 15 is 0 Å². The first-order valence-corrected chi connectivity index (χ1v) is 8.97. The predicted octanol–water partition coefficient (Wildman–Crippen LogP) is 2.63. The summed E-state index contributed by atoms with van der Waals surface area (Å²) in [6, 6.07) is 10.3. The van der Waals surface area contributed by atoms with E-state index in [2.05, 4.69) is 17.4 Å². The van der Waals surface area contributed by atoms with Gasteiger partial charge in [0.1, 0.15) is 0 Å². The summed E-state index contributed by atoms with van der Waals surface area (Å²) in [4.78, 5) is 11.8. The van der Waals surface area contributed by atoms with Gasteiger partial charge in [0.05, 0.1) is 11.9 Å². The Labute approximate surface area is 131 Å². The number of hydrogen-bond donors (Lipinski definition) is 2. The number of hydrogen-bond acceptors (Lipinski definition) is 3. The number of aryl methyl sites for hydroxylation is 1. The summed E-state index contributed by atoms with van der Waals surface area (Å²) >= 11 is 1.67. The largest absolute Gasteiger partial charge is 0.393 e. The second-order valence-corrected chi connectivity index (χ2v) is 6.81. The summed E-state index contributed by atoms with van der Waals surface area (Å²) < 4.78 is 0. The first-order valence-electron chi connectivity index (χ1n) is 7.82. The molecule has 1 aromatic rings. The minimum atomic E-state index is -0.232. The third-order valence-corrected chi connectivity index (χ3v) is 5.00. The van der Waals surface area contributed by atoms with Gasteiger partial charge in [0.15, 0.2) is 0 Å². The van der Waals surface area contributed by atoms with E-state index in [1.165, 1.54) is 12.0 Å². The monoisotopic (exact) mass is 307 g/mol. The Hall–Kier alpha value is -1.00. The maximum absolute atomic E-state index is 11.8. The van der Waals surface area contributed by atoms with Gasteiger partial charge in [-0.25, -0.2) is 0 Å². The summed E-state index contributed by atoms with van der Waals surface area (Å²) in [7, 11) is 0. The highest BCUT2D eigenvalue weighted by molar-refractivity contribution is 7.99. The van der Waals surface area contributed by atoms with Gasteiger partial charge >= 0.3 is 0 Å². The predicted molar refractivity (Wildman–Crippen MR) is 88.4 cm³/mol. The van der Waals surface area contributed by atoms with Gasteiger partial charge in [-0.2, -0.15) is 11.8 Å². The van der Waals surface area contributed by atoms with Crippen LogP contribution in [0.2, 0.25) is 0 Å². The standard InChI is InChI=1S/C17H25NO2S/c19-16-9-5-4-8-15(16)12-18-17(20)13-21-11-10-14-6-2-1-3-7-14/h1-3,6-7,15-16,19H,4-5,8-13H2,(H,18,20). The number of benzene rings is 1. The van der Waals surface area contributed by atoms with Crippen LogP contribution < -0.4 is 5.32 Å². The van der Waals surface area contributed by atoms with Crippen LogP contribution in [0.25, 0.3) is 0 Å². The molecule has 2 N–H and O–H groups in total. The molecular formula is C17H25NO2S. The lowest BCUT2D eigenvalue weighted by atomic mass is 9.86. The van der Waals surface area contributed by atoms with Crippen LogP contribution in [-0.2, 0) is 11.2 Å². The molecule has 21 heavy (non-hydrogen) atoms. The summed E-state index contributed by atoms with van der Waals surface area (Å²) in [6.45, 7) is 0.624. The molecule has 0 saturated heterocycles. The fraction of sp³-hybridized carbons (Fsp3) is 0.588. The molecular weight excluding hydrogens is 282 g/mol.